The summed E-state index contributed by atoms with van der Waals surface area (Å²) in [6.07, 6.45) is 0. The largest absolute Gasteiger partial charge is 0.497 e. The van der Waals surface area contributed by atoms with Gasteiger partial charge in [0.1, 0.15) is 17.1 Å². The molecule has 0 aliphatic carbocycles. The van der Waals surface area contributed by atoms with E-state index in [9.17, 15) is 5.11 Å². The molecule has 5 rings (SSSR count). The molecule has 2 unspecified atom stereocenters. The summed E-state index contributed by atoms with van der Waals surface area (Å²) in [6.45, 7) is 4.06. The number of para-hydroxylation sites is 1. The third-order valence-electron chi connectivity index (χ3n) is 7.81. The van der Waals surface area contributed by atoms with Crippen LogP contribution in [0, 0.1) is 0 Å². The van der Waals surface area contributed by atoms with E-state index in [1.807, 2.05) is 91.0 Å². The normalized spacial score (nSPS) is 16.3. The van der Waals surface area contributed by atoms with E-state index in [0.29, 0.717) is 22.9 Å². The molecule has 1 N–H and O–H groups in total. The molecular formula is C33H34Cl2N2O3. The van der Waals surface area contributed by atoms with Crippen molar-refractivity contribution in [3.05, 3.63) is 124 Å². The van der Waals surface area contributed by atoms with Gasteiger partial charge in [0, 0.05) is 59.9 Å². The Bertz CT molecular complexity index is 1410. The molecule has 4 aromatic rings. The highest BCUT2D eigenvalue weighted by molar-refractivity contribution is 6.31. The summed E-state index contributed by atoms with van der Waals surface area (Å²) in [5.74, 6) is 1.03. The standard InChI is InChI=1S/C33H34Cl2N2O3/c1-39-29-16-12-25(13-17-29)33(38,30-8-3-4-9-32(30)40-2)31(24-10-14-26(34)15-11-24)23-36-18-20-37(21-19-36)28-7-5-6-27(35)22-28/h3-17,22,31,38H,18-21,23H2,1-2H3. The van der Waals surface area contributed by atoms with Gasteiger partial charge in [-0.25, -0.2) is 0 Å². The average molecular weight is 578 g/mol. The highest BCUT2D eigenvalue weighted by Crippen LogP contribution is 2.47. The maximum atomic E-state index is 13.0. The Kier molecular flexibility index (Phi) is 8.87. The highest BCUT2D eigenvalue weighted by atomic mass is 35.5. The van der Waals surface area contributed by atoms with Gasteiger partial charge in [0.05, 0.1) is 14.2 Å². The molecule has 4 aromatic carbocycles. The summed E-state index contributed by atoms with van der Waals surface area (Å²) >= 11 is 12.6. The molecule has 7 heteroatoms. The van der Waals surface area contributed by atoms with Crippen LogP contribution < -0.4 is 14.4 Å². The Hall–Kier alpha value is -3.22. The Morgan fingerprint density at radius 2 is 1.48 bits per heavy atom. The van der Waals surface area contributed by atoms with E-state index in [2.05, 4.69) is 15.9 Å². The van der Waals surface area contributed by atoms with Crippen LogP contribution in [0.4, 0.5) is 5.69 Å². The molecule has 2 atom stereocenters. The van der Waals surface area contributed by atoms with Gasteiger partial charge >= 0.3 is 0 Å². The lowest BCUT2D eigenvalue weighted by molar-refractivity contribution is 0.0308. The third kappa shape index (κ3) is 5.93. The first-order valence-electron chi connectivity index (χ1n) is 13.4. The number of piperazine rings is 1. The molecule has 5 nitrogen and oxygen atoms in total. The van der Waals surface area contributed by atoms with Crippen LogP contribution in [0.3, 0.4) is 0 Å². The Morgan fingerprint density at radius 1 is 0.775 bits per heavy atom. The monoisotopic (exact) mass is 576 g/mol. The van der Waals surface area contributed by atoms with Crippen LogP contribution in [0.1, 0.15) is 22.6 Å². The Morgan fingerprint density at radius 3 is 2.12 bits per heavy atom. The van der Waals surface area contributed by atoms with Gasteiger partial charge in [0.25, 0.3) is 0 Å². The zero-order chi connectivity index (χ0) is 28.1. The summed E-state index contributed by atoms with van der Waals surface area (Å²) in [4.78, 5) is 4.78. The van der Waals surface area contributed by atoms with Crippen molar-refractivity contribution in [3.8, 4) is 11.5 Å². The number of halogens is 2. The van der Waals surface area contributed by atoms with E-state index in [1.165, 1.54) is 0 Å². The molecule has 0 bridgehead atoms. The molecule has 208 valence electrons. The van der Waals surface area contributed by atoms with Gasteiger partial charge in [0.15, 0.2) is 0 Å². The van der Waals surface area contributed by atoms with Crippen molar-refractivity contribution in [1.29, 1.82) is 0 Å². The molecule has 40 heavy (non-hydrogen) atoms. The van der Waals surface area contributed by atoms with Gasteiger partial charge in [-0.1, -0.05) is 71.7 Å². The minimum atomic E-state index is -1.41. The molecule has 0 radical (unpaired) electrons. The third-order valence-corrected chi connectivity index (χ3v) is 8.30. The molecule has 1 heterocycles. The smallest absolute Gasteiger partial charge is 0.126 e. The van der Waals surface area contributed by atoms with E-state index in [4.69, 9.17) is 32.7 Å². The van der Waals surface area contributed by atoms with Crippen LogP contribution in [0.2, 0.25) is 10.0 Å². The summed E-state index contributed by atoms with van der Waals surface area (Å²) in [6, 6.07) is 31.1. The molecule has 0 aromatic heterocycles. The van der Waals surface area contributed by atoms with Gasteiger partial charge < -0.3 is 19.5 Å². The summed E-state index contributed by atoms with van der Waals surface area (Å²) in [7, 11) is 3.28. The fraction of sp³-hybridized carbons (Fsp3) is 0.273. The van der Waals surface area contributed by atoms with Crippen LogP contribution in [-0.2, 0) is 5.60 Å². The topological polar surface area (TPSA) is 45.2 Å². The van der Waals surface area contributed by atoms with Crippen molar-refractivity contribution in [2.45, 2.75) is 11.5 Å². The molecule has 0 amide bonds. The van der Waals surface area contributed by atoms with Crippen LogP contribution in [-0.4, -0.2) is 56.9 Å². The lowest BCUT2D eigenvalue weighted by Gasteiger charge is -2.43. The molecule has 1 aliphatic heterocycles. The molecule has 1 fully saturated rings. The number of nitrogens with zero attached hydrogens (tertiary/aromatic N) is 2. The van der Waals surface area contributed by atoms with Gasteiger partial charge in [-0.2, -0.15) is 0 Å². The van der Waals surface area contributed by atoms with Gasteiger partial charge in [-0.15, -0.1) is 0 Å². The van der Waals surface area contributed by atoms with Crippen molar-refractivity contribution in [2.24, 2.45) is 0 Å². The number of ether oxygens (including phenoxy) is 2. The number of aliphatic hydroxyl groups is 1. The maximum Gasteiger partial charge on any atom is 0.126 e. The lowest BCUT2D eigenvalue weighted by atomic mass is 9.72. The van der Waals surface area contributed by atoms with Crippen LogP contribution in [0.5, 0.6) is 11.5 Å². The number of rotatable bonds is 9. The first-order valence-corrected chi connectivity index (χ1v) is 14.2. The minimum Gasteiger partial charge on any atom is -0.497 e. The molecule has 1 aliphatic rings. The highest BCUT2D eigenvalue weighted by Gasteiger charge is 2.44. The first-order chi connectivity index (χ1) is 19.4. The first kappa shape index (κ1) is 28.3. The fourth-order valence-electron chi connectivity index (χ4n) is 5.64. The van der Waals surface area contributed by atoms with Crippen LogP contribution >= 0.6 is 23.2 Å². The second-order valence-electron chi connectivity index (χ2n) is 10.1. The van der Waals surface area contributed by atoms with Gasteiger partial charge in [0.2, 0.25) is 0 Å². The average Bonchev–Trinajstić information content (AvgIpc) is 3.00. The number of hydrogen-bond acceptors (Lipinski definition) is 5. The number of hydrogen-bond donors (Lipinski definition) is 1. The SMILES string of the molecule is COc1ccc(C(O)(c2ccccc2OC)C(CN2CCN(c3cccc(Cl)c3)CC2)c2ccc(Cl)cc2)cc1. The van der Waals surface area contributed by atoms with Gasteiger partial charge in [-0.05, 0) is 59.7 Å². The van der Waals surface area contributed by atoms with E-state index in [1.54, 1.807) is 14.2 Å². The van der Waals surface area contributed by atoms with Crippen molar-refractivity contribution >= 4 is 28.9 Å². The van der Waals surface area contributed by atoms with E-state index in [-0.39, 0.29) is 5.92 Å². The van der Waals surface area contributed by atoms with E-state index >= 15 is 0 Å². The summed E-state index contributed by atoms with van der Waals surface area (Å²) in [5, 5.41) is 14.4. The van der Waals surface area contributed by atoms with Crippen LogP contribution in [0.15, 0.2) is 97.1 Å². The van der Waals surface area contributed by atoms with Crippen molar-refractivity contribution in [2.75, 3.05) is 51.8 Å². The fourth-order valence-corrected chi connectivity index (χ4v) is 5.95. The maximum absolute atomic E-state index is 13.0. The molecular weight excluding hydrogens is 543 g/mol. The second-order valence-corrected chi connectivity index (χ2v) is 10.9. The quantitative estimate of drug-likeness (QED) is 0.236. The predicted molar refractivity (Wildman–Crippen MR) is 163 cm³/mol. The lowest BCUT2D eigenvalue weighted by Crippen LogP contribution is -2.50. The van der Waals surface area contributed by atoms with E-state index in [0.717, 1.165) is 53.8 Å². The van der Waals surface area contributed by atoms with Crippen molar-refractivity contribution in [3.63, 3.8) is 0 Å². The predicted octanol–water partition coefficient (Wildman–Crippen LogP) is 6.85. The van der Waals surface area contributed by atoms with Crippen LogP contribution in [0.25, 0.3) is 0 Å². The number of anilines is 1. The number of methoxy groups -OCH3 is 2. The van der Waals surface area contributed by atoms with Crippen molar-refractivity contribution in [1.82, 2.24) is 4.90 Å². The zero-order valence-electron chi connectivity index (χ0n) is 22.8. The summed E-state index contributed by atoms with van der Waals surface area (Å²) in [5.41, 5.74) is 2.18. The molecule has 1 saturated heterocycles. The Labute approximate surface area is 246 Å². The zero-order valence-corrected chi connectivity index (χ0v) is 24.3. The van der Waals surface area contributed by atoms with E-state index < -0.39 is 5.60 Å². The molecule has 0 spiro atoms. The van der Waals surface area contributed by atoms with Gasteiger partial charge in [-0.3, -0.25) is 4.90 Å². The minimum absolute atomic E-state index is 0.327. The second kappa shape index (κ2) is 12.5. The summed E-state index contributed by atoms with van der Waals surface area (Å²) < 4.78 is 11.2. The molecule has 0 saturated carbocycles. The number of benzene rings is 4. The Balaban J connectivity index is 1.54. The van der Waals surface area contributed by atoms with Crippen molar-refractivity contribution < 1.29 is 14.6 Å².